The number of hydrogen-bond donors (Lipinski definition) is 1. The molecule has 0 spiro atoms. The average Bonchev–Trinajstić information content (AvgIpc) is 3.45. The summed E-state index contributed by atoms with van der Waals surface area (Å²) in [5, 5.41) is 17.0. The Balaban J connectivity index is 0.00000110. The Bertz CT molecular complexity index is 1550. The van der Waals surface area contributed by atoms with Gasteiger partial charge in [-0.15, -0.1) is 0 Å². The van der Waals surface area contributed by atoms with Crippen LogP contribution in [0.2, 0.25) is 0 Å². The number of fused-ring (bicyclic) bond motifs is 3. The molecule has 5 heterocycles. The van der Waals surface area contributed by atoms with Crippen molar-refractivity contribution in [3.63, 3.8) is 0 Å². The second kappa shape index (κ2) is 12.9. The van der Waals surface area contributed by atoms with Crippen molar-refractivity contribution in [2.45, 2.75) is 63.1 Å². The Hall–Kier alpha value is -4.04. The monoisotopic (exact) mass is 604 g/mol. The second-order valence-electron chi connectivity index (χ2n) is 12.2. The molecule has 44 heavy (non-hydrogen) atoms. The van der Waals surface area contributed by atoms with E-state index in [0.717, 1.165) is 70.3 Å². The molecule has 11 heteroatoms. The molecule has 0 saturated carbocycles. The molecule has 0 radical (unpaired) electrons. The molecule has 0 bridgehead atoms. The van der Waals surface area contributed by atoms with E-state index < -0.39 is 6.17 Å². The lowest BCUT2D eigenvalue weighted by molar-refractivity contribution is -0.122. The number of ether oxygens (including phenoxy) is 1. The van der Waals surface area contributed by atoms with Gasteiger partial charge in [0.1, 0.15) is 24.1 Å². The summed E-state index contributed by atoms with van der Waals surface area (Å²) in [5.74, 6) is 0.265. The quantitative estimate of drug-likeness (QED) is 0.371. The van der Waals surface area contributed by atoms with Crippen LogP contribution in [0.3, 0.4) is 0 Å². The maximum atomic E-state index is 16.6. The Morgan fingerprint density at radius 2 is 1.91 bits per heavy atom. The average molecular weight is 605 g/mol. The minimum atomic E-state index is -0.857. The molecule has 2 aromatic carbocycles. The van der Waals surface area contributed by atoms with Crippen LogP contribution in [-0.2, 0) is 11.2 Å². The van der Waals surface area contributed by atoms with Crippen molar-refractivity contribution >= 4 is 34.6 Å². The van der Waals surface area contributed by atoms with E-state index in [-0.39, 0.29) is 41.9 Å². The van der Waals surface area contributed by atoms with Gasteiger partial charge in [0.15, 0.2) is 5.82 Å². The Kier molecular flexibility index (Phi) is 8.80. The molecule has 232 valence electrons. The number of nitrogens with zero attached hydrogens (tertiary/aromatic N) is 6. The van der Waals surface area contributed by atoms with Crippen LogP contribution >= 0.6 is 0 Å². The Morgan fingerprint density at radius 3 is 2.75 bits per heavy atom. The van der Waals surface area contributed by atoms with Crippen LogP contribution in [-0.4, -0.2) is 77.5 Å². The van der Waals surface area contributed by atoms with E-state index in [4.69, 9.17) is 19.6 Å². The first-order valence-corrected chi connectivity index (χ1v) is 15.6. The summed E-state index contributed by atoms with van der Waals surface area (Å²) in [5.41, 5.74) is 2.63. The van der Waals surface area contributed by atoms with E-state index >= 15 is 4.39 Å². The first-order valence-electron chi connectivity index (χ1n) is 15.6. The number of aromatic nitrogens is 2. The third kappa shape index (κ3) is 5.75. The molecule has 7 rings (SSSR count). The van der Waals surface area contributed by atoms with Gasteiger partial charge < -0.3 is 19.6 Å². The molecule has 4 aliphatic rings. The number of nitriles is 1. The van der Waals surface area contributed by atoms with Gasteiger partial charge in [-0.3, -0.25) is 9.69 Å². The highest BCUT2D eigenvalue weighted by atomic mass is 19.1. The van der Waals surface area contributed by atoms with Crippen LogP contribution in [0.25, 0.3) is 10.9 Å². The van der Waals surface area contributed by atoms with E-state index in [1.54, 1.807) is 0 Å². The van der Waals surface area contributed by atoms with Crippen LogP contribution < -0.4 is 14.5 Å². The van der Waals surface area contributed by atoms with Crippen LogP contribution in [0.15, 0.2) is 36.4 Å². The summed E-state index contributed by atoms with van der Waals surface area (Å²) in [6, 6.07) is 14.5. The van der Waals surface area contributed by atoms with E-state index in [1.165, 1.54) is 5.56 Å². The SMILES string of the molecule is N#CC1CCCN(c2nc(OC[C@@]34CCCN3C[C@H](F)C4)nc3c(F)c(N4CCCc5ccccc54)ccc23)CC1.O=CO. The third-order valence-corrected chi connectivity index (χ3v) is 9.59. The molecule has 4 aliphatic heterocycles. The number of carbonyl (C=O) groups is 1. The minimum Gasteiger partial charge on any atom is -0.483 e. The van der Waals surface area contributed by atoms with Crippen LogP contribution in [0.5, 0.6) is 6.01 Å². The van der Waals surface area contributed by atoms with Crippen molar-refractivity contribution in [1.29, 1.82) is 5.26 Å². The maximum Gasteiger partial charge on any atom is 0.319 e. The van der Waals surface area contributed by atoms with Crippen molar-refractivity contribution in [2.24, 2.45) is 5.92 Å². The van der Waals surface area contributed by atoms with Gasteiger partial charge >= 0.3 is 6.01 Å². The number of para-hydroxylation sites is 1. The summed E-state index contributed by atoms with van der Waals surface area (Å²) >= 11 is 0. The van der Waals surface area contributed by atoms with Crippen molar-refractivity contribution in [3.05, 3.63) is 47.8 Å². The van der Waals surface area contributed by atoms with E-state index in [0.29, 0.717) is 36.4 Å². The van der Waals surface area contributed by atoms with Gasteiger partial charge in [0.05, 0.1) is 17.3 Å². The molecule has 0 amide bonds. The largest absolute Gasteiger partial charge is 0.483 e. The fourth-order valence-electron chi connectivity index (χ4n) is 7.50. The van der Waals surface area contributed by atoms with Crippen molar-refractivity contribution in [3.8, 4) is 12.1 Å². The molecule has 3 atom stereocenters. The zero-order chi connectivity index (χ0) is 30.7. The van der Waals surface area contributed by atoms with Crippen molar-refractivity contribution in [1.82, 2.24) is 14.9 Å². The number of hydrogen-bond acceptors (Lipinski definition) is 8. The smallest absolute Gasteiger partial charge is 0.319 e. The highest BCUT2D eigenvalue weighted by Gasteiger charge is 2.49. The second-order valence-corrected chi connectivity index (χ2v) is 12.2. The first kappa shape index (κ1) is 30.0. The summed E-state index contributed by atoms with van der Waals surface area (Å²) in [6.07, 6.45) is 5.84. The standard InChI is InChI=1S/C32H36F2N6O.CH2O2/c33-24-18-32(13-5-15-39(32)20-24)21-41-31-36-29-25(30(37-31)38-14-3-6-22(19-35)12-17-38)10-11-27(28(29)34)40-16-4-8-23-7-1-2-9-26(23)40;2-1-3/h1-2,7,9-11,22,24H,3-6,8,12-18,20-21H2;1H,(H,2,3)/t22?,24-,32+;/m1./s1. The number of rotatable bonds is 5. The molecule has 9 nitrogen and oxygen atoms in total. The number of alkyl halides is 1. The van der Waals surface area contributed by atoms with Crippen molar-refractivity contribution < 1.29 is 23.4 Å². The van der Waals surface area contributed by atoms with Crippen LogP contribution in [0.1, 0.15) is 50.5 Å². The number of benzene rings is 2. The summed E-state index contributed by atoms with van der Waals surface area (Å²) in [6.45, 7) is 3.47. The number of anilines is 3. The highest BCUT2D eigenvalue weighted by molar-refractivity contribution is 5.93. The van der Waals surface area contributed by atoms with E-state index in [9.17, 15) is 9.65 Å². The zero-order valence-electron chi connectivity index (χ0n) is 24.8. The highest BCUT2D eigenvalue weighted by Crippen LogP contribution is 2.42. The first-order chi connectivity index (χ1) is 21.5. The number of halogens is 2. The van der Waals surface area contributed by atoms with Gasteiger partial charge in [-0.1, -0.05) is 18.2 Å². The molecule has 1 aromatic heterocycles. The lowest BCUT2D eigenvalue weighted by Gasteiger charge is -2.32. The molecule has 1 N–H and O–H groups in total. The normalized spacial score (nSPS) is 24.9. The molecular weight excluding hydrogens is 566 g/mol. The van der Waals surface area contributed by atoms with Crippen molar-refractivity contribution in [2.75, 3.05) is 49.1 Å². The third-order valence-electron chi connectivity index (χ3n) is 9.59. The minimum absolute atomic E-state index is 0.00907. The van der Waals surface area contributed by atoms with Crippen LogP contribution in [0.4, 0.5) is 26.0 Å². The predicted octanol–water partition coefficient (Wildman–Crippen LogP) is 5.64. The van der Waals surface area contributed by atoms with Crippen LogP contribution in [0, 0.1) is 23.1 Å². The van der Waals surface area contributed by atoms with Gasteiger partial charge in [-0.25, -0.2) is 8.78 Å². The maximum absolute atomic E-state index is 16.6. The molecule has 3 saturated heterocycles. The summed E-state index contributed by atoms with van der Waals surface area (Å²) < 4.78 is 37.2. The fourth-order valence-corrected chi connectivity index (χ4v) is 7.50. The van der Waals surface area contributed by atoms with Gasteiger partial charge in [-0.2, -0.15) is 15.2 Å². The Labute approximate surface area is 256 Å². The molecule has 1 unspecified atom stereocenters. The summed E-state index contributed by atoms with van der Waals surface area (Å²) in [4.78, 5) is 24.3. The van der Waals surface area contributed by atoms with E-state index in [1.807, 2.05) is 30.3 Å². The van der Waals surface area contributed by atoms with Gasteiger partial charge in [0, 0.05) is 49.6 Å². The fraction of sp³-hybridized carbons (Fsp3) is 0.515. The van der Waals surface area contributed by atoms with E-state index in [2.05, 4.69) is 31.8 Å². The molecule has 3 aromatic rings. The molecule has 3 fully saturated rings. The number of aryl methyl sites for hydroxylation is 1. The number of carboxylic acid groups (broad SMARTS) is 1. The Morgan fingerprint density at radius 1 is 1.07 bits per heavy atom. The lowest BCUT2D eigenvalue weighted by Crippen LogP contribution is -2.43. The van der Waals surface area contributed by atoms with Gasteiger partial charge in [-0.05, 0) is 75.3 Å². The topological polar surface area (TPSA) is 106 Å². The predicted molar refractivity (Wildman–Crippen MR) is 164 cm³/mol. The molecular formula is C33H38F2N6O3. The zero-order valence-corrected chi connectivity index (χ0v) is 24.8. The van der Waals surface area contributed by atoms with Gasteiger partial charge in [0.2, 0.25) is 0 Å². The summed E-state index contributed by atoms with van der Waals surface area (Å²) in [7, 11) is 0. The lowest BCUT2D eigenvalue weighted by atomic mass is 9.95. The molecule has 0 aliphatic carbocycles. The van der Waals surface area contributed by atoms with Gasteiger partial charge in [0.25, 0.3) is 6.47 Å².